The maximum Gasteiger partial charge on any atom is 0.325 e. The second-order valence-corrected chi connectivity index (χ2v) is 6.58. The number of hydrogen-bond donors (Lipinski definition) is 0. The number of urea groups is 1. The van der Waals surface area contributed by atoms with Gasteiger partial charge >= 0.3 is 6.03 Å². The summed E-state index contributed by atoms with van der Waals surface area (Å²) in [5.41, 5.74) is 0.865. The van der Waals surface area contributed by atoms with Gasteiger partial charge in [0.2, 0.25) is 0 Å². The highest BCUT2D eigenvalue weighted by Crippen LogP contribution is 2.27. The van der Waals surface area contributed by atoms with Crippen LogP contribution in [0.5, 0.6) is 0 Å². The lowest BCUT2D eigenvalue weighted by atomic mass is 9.96. The zero-order valence-electron chi connectivity index (χ0n) is 14.5. The Hall–Kier alpha value is -2.94. The van der Waals surface area contributed by atoms with E-state index in [-0.39, 0.29) is 17.4 Å². The second-order valence-electron chi connectivity index (χ2n) is 6.58. The second kappa shape index (κ2) is 6.52. The van der Waals surface area contributed by atoms with E-state index in [0.717, 1.165) is 6.42 Å². The van der Waals surface area contributed by atoms with E-state index < -0.39 is 0 Å². The topological polar surface area (TPSA) is 49.3 Å². The first-order valence-electron chi connectivity index (χ1n) is 8.02. The Kier molecular flexibility index (Phi) is 4.41. The van der Waals surface area contributed by atoms with Crippen LogP contribution in [0.15, 0.2) is 36.7 Å². The summed E-state index contributed by atoms with van der Waals surface area (Å²) < 4.78 is 13.1. The minimum atomic E-state index is -0.330. The quantitative estimate of drug-likeness (QED) is 0.751. The Morgan fingerprint density at radius 1 is 1.20 bits per heavy atom. The van der Waals surface area contributed by atoms with E-state index in [0.29, 0.717) is 23.6 Å². The third kappa shape index (κ3) is 3.61. The Morgan fingerprint density at radius 2 is 2.00 bits per heavy atom. The first kappa shape index (κ1) is 16.9. The summed E-state index contributed by atoms with van der Waals surface area (Å²) in [4.78, 5) is 24.4. The van der Waals surface area contributed by atoms with E-state index in [9.17, 15) is 9.18 Å². The summed E-state index contributed by atoms with van der Waals surface area (Å²) in [6.45, 7) is 4.68. The minimum Gasteiger partial charge on any atom is -0.322 e. The highest BCUT2D eigenvalue weighted by molar-refractivity contribution is 5.92. The lowest BCUT2D eigenvalue weighted by Crippen LogP contribution is -2.57. The highest BCUT2D eigenvalue weighted by Gasteiger charge is 2.37. The zero-order chi connectivity index (χ0) is 18.0. The number of carbonyl (C=O) groups is 1. The number of nitrogens with zero attached hydrogens (tertiary/aromatic N) is 4. The molecule has 6 heteroatoms. The van der Waals surface area contributed by atoms with Crippen LogP contribution < -0.4 is 4.90 Å². The Morgan fingerprint density at radius 3 is 2.68 bits per heavy atom. The summed E-state index contributed by atoms with van der Waals surface area (Å²) in [6, 6.07) is 5.96. The zero-order valence-corrected chi connectivity index (χ0v) is 14.5. The number of anilines is 1. The van der Waals surface area contributed by atoms with Crippen molar-refractivity contribution in [3.63, 3.8) is 0 Å². The van der Waals surface area contributed by atoms with Gasteiger partial charge in [0, 0.05) is 24.7 Å². The molecule has 0 atom stereocenters. The van der Waals surface area contributed by atoms with Crippen molar-refractivity contribution in [3.8, 4) is 11.8 Å². The van der Waals surface area contributed by atoms with Gasteiger partial charge in [-0.05, 0) is 44.4 Å². The standard InChI is InChI=1S/C19H19FN4O/c1-19(2)9-10-24(18(25)23(19)3)17-13-21-16(12-22-17)8-7-14-5-4-6-15(20)11-14/h4-6,11-13H,9-10H2,1-3H3. The highest BCUT2D eigenvalue weighted by atomic mass is 19.1. The number of hydrogen-bond acceptors (Lipinski definition) is 3. The molecule has 0 saturated carbocycles. The SMILES string of the molecule is CN1C(=O)N(c2cnc(C#Cc3cccc(F)c3)cn2)CCC1(C)C. The molecule has 2 heterocycles. The first-order valence-corrected chi connectivity index (χ1v) is 8.02. The van der Waals surface area contributed by atoms with Gasteiger partial charge in [-0.25, -0.2) is 19.2 Å². The fraction of sp³-hybridized carbons (Fsp3) is 0.316. The van der Waals surface area contributed by atoms with Gasteiger partial charge in [-0.3, -0.25) is 4.90 Å². The maximum absolute atomic E-state index is 13.1. The smallest absolute Gasteiger partial charge is 0.322 e. The predicted octanol–water partition coefficient (Wildman–Crippen LogP) is 3.06. The van der Waals surface area contributed by atoms with Crippen molar-refractivity contribution >= 4 is 11.8 Å². The van der Waals surface area contributed by atoms with Crippen molar-refractivity contribution in [1.29, 1.82) is 0 Å². The molecule has 2 amide bonds. The van der Waals surface area contributed by atoms with Crippen LogP contribution in [0.4, 0.5) is 15.0 Å². The van der Waals surface area contributed by atoms with Crippen molar-refractivity contribution in [1.82, 2.24) is 14.9 Å². The van der Waals surface area contributed by atoms with Crippen LogP contribution in [-0.4, -0.2) is 40.0 Å². The third-order valence-corrected chi connectivity index (χ3v) is 4.45. The summed E-state index contributed by atoms with van der Waals surface area (Å²) in [6.07, 6.45) is 3.91. The molecule has 2 aromatic rings. The van der Waals surface area contributed by atoms with Gasteiger partial charge in [-0.1, -0.05) is 12.0 Å². The molecule has 1 aliphatic rings. The number of amides is 2. The van der Waals surface area contributed by atoms with E-state index in [2.05, 4.69) is 21.8 Å². The van der Waals surface area contributed by atoms with Crippen LogP contribution in [0.3, 0.4) is 0 Å². The molecule has 128 valence electrons. The minimum absolute atomic E-state index is 0.0934. The normalized spacial score (nSPS) is 16.4. The molecule has 1 aromatic carbocycles. The van der Waals surface area contributed by atoms with Crippen molar-refractivity contribution < 1.29 is 9.18 Å². The van der Waals surface area contributed by atoms with Crippen LogP contribution in [0, 0.1) is 17.7 Å². The molecule has 1 fully saturated rings. The molecule has 5 nitrogen and oxygen atoms in total. The van der Waals surface area contributed by atoms with Gasteiger partial charge in [0.1, 0.15) is 11.5 Å². The Bertz CT molecular complexity index is 852. The van der Waals surface area contributed by atoms with E-state index in [1.807, 2.05) is 13.8 Å². The van der Waals surface area contributed by atoms with Crippen LogP contribution in [-0.2, 0) is 0 Å². The molecule has 0 aliphatic carbocycles. The molecule has 3 rings (SSSR count). The average Bonchev–Trinajstić information content (AvgIpc) is 2.59. The molecule has 25 heavy (non-hydrogen) atoms. The van der Waals surface area contributed by atoms with Crippen molar-refractivity contribution in [3.05, 3.63) is 53.7 Å². The van der Waals surface area contributed by atoms with Crippen LogP contribution in [0.1, 0.15) is 31.5 Å². The van der Waals surface area contributed by atoms with E-state index >= 15 is 0 Å². The van der Waals surface area contributed by atoms with Gasteiger partial charge in [-0.15, -0.1) is 0 Å². The monoisotopic (exact) mass is 338 g/mol. The lowest BCUT2D eigenvalue weighted by Gasteiger charge is -2.44. The van der Waals surface area contributed by atoms with E-state index in [1.54, 1.807) is 35.2 Å². The van der Waals surface area contributed by atoms with E-state index in [4.69, 9.17) is 0 Å². The number of rotatable bonds is 1. The number of halogens is 1. The first-order chi connectivity index (χ1) is 11.9. The molecule has 0 bridgehead atoms. The largest absolute Gasteiger partial charge is 0.325 e. The van der Waals surface area contributed by atoms with Crippen molar-refractivity contribution in [2.75, 3.05) is 18.5 Å². The lowest BCUT2D eigenvalue weighted by molar-refractivity contribution is 0.140. The maximum atomic E-state index is 13.1. The Balaban J connectivity index is 1.76. The van der Waals surface area contributed by atoms with Gasteiger partial charge in [0.25, 0.3) is 0 Å². The summed E-state index contributed by atoms with van der Waals surface area (Å²) in [5.74, 6) is 5.87. The third-order valence-electron chi connectivity index (χ3n) is 4.45. The summed E-state index contributed by atoms with van der Waals surface area (Å²) in [7, 11) is 1.79. The number of aromatic nitrogens is 2. The Labute approximate surface area is 146 Å². The molecule has 0 radical (unpaired) electrons. The van der Waals surface area contributed by atoms with E-state index in [1.165, 1.54) is 18.3 Å². The molecular formula is C19H19FN4O. The van der Waals surface area contributed by atoms with Crippen molar-refractivity contribution in [2.45, 2.75) is 25.8 Å². The van der Waals surface area contributed by atoms with Gasteiger partial charge in [0.15, 0.2) is 5.82 Å². The van der Waals surface area contributed by atoms with Crippen molar-refractivity contribution in [2.24, 2.45) is 0 Å². The average molecular weight is 338 g/mol. The van der Waals surface area contributed by atoms with Gasteiger partial charge in [0.05, 0.1) is 12.4 Å². The molecule has 0 spiro atoms. The van der Waals surface area contributed by atoms with Crippen LogP contribution >= 0.6 is 0 Å². The predicted molar refractivity (Wildman–Crippen MR) is 93.6 cm³/mol. The fourth-order valence-corrected chi connectivity index (χ4v) is 2.53. The summed E-state index contributed by atoms with van der Waals surface area (Å²) in [5, 5.41) is 0. The van der Waals surface area contributed by atoms with Gasteiger partial charge < -0.3 is 4.90 Å². The van der Waals surface area contributed by atoms with Gasteiger partial charge in [-0.2, -0.15) is 0 Å². The number of benzene rings is 1. The molecule has 1 saturated heterocycles. The summed E-state index contributed by atoms with van der Waals surface area (Å²) >= 11 is 0. The number of carbonyl (C=O) groups excluding carboxylic acids is 1. The molecule has 1 aromatic heterocycles. The molecule has 0 N–H and O–H groups in total. The molecular weight excluding hydrogens is 319 g/mol. The van der Waals surface area contributed by atoms with Crippen LogP contribution in [0.2, 0.25) is 0 Å². The molecule has 0 unspecified atom stereocenters. The van der Waals surface area contributed by atoms with Crippen LogP contribution in [0.25, 0.3) is 0 Å². The molecule has 1 aliphatic heterocycles. The fourth-order valence-electron chi connectivity index (χ4n) is 2.53.